The molecule has 0 spiro atoms. The number of nitrogens with two attached hydrogens (primary N) is 2. The second kappa shape index (κ2) is 14.7. The highest BCUT2D eigenvalue weighted by atomic mass is 16.4. The summed E-state index contributed by atoms with van der Waals surface area (Å²) in [5, 5.41) is 36.0. The van der Waals surface area contributed by atoms with Gasteiger partial charge in [-0.2, -0.15) is 0 Å². The second-order valence-corrected chi connectivity index (χ2v) is 8.37. The predicted octanol–water partition coefficient (Wildman–Crippen LogP) is -2.21. The van der Waals surface area contributed by atoms with Crippen molar-refractivity contribution in [2.24, 2.45) is 17.4 Å². The van der Waals surface area contributed by atoms with Crippen LogP contribution in [-0.4, -0.2) is 81.9 Å². The Kier molecular flexibility index (Phi) is 13.7. The zero-order valence-electron chi connectivity index (χ0n) is 19.2. The molecule has 6 unspecified atom stereocenters. The molecule has 0 heterocycles. The Labute approximate surface area is 188 Å². The molecule has 6 atom stereocenters. The molecule has 186 valence electrons. The van der Waals surface area contributed by atoms with Crippen LogP contribution >= 0.6 is 0 Å². The lowest BCUT2D eigenvalue weighted by Crippen LogP contribution is -2.60. The number of aliphatic hydroxyl groups is 2. The summed E-state index contributed by atoms with van der Waals surface area (Å²) in [7, 11) is 0. The summed E-state index contributed by atoms with van der Waals surface area (Å²) in [4.78, 5) is 49.1. The van der Waals surface area contributed by atoms with Crippen LogP contribution in [0.2, 0.25) is 0 Å². The van der Waals surface area contributed by atoms with E-state index in [1.54, 1.807) is 0 Å². The third-order valence-corrected chi connectivity index (χ3v) is 4.79. The molecule has 0 rings (SSSR count). The lowest BCUT2D eigenvalue weighted by Gasteiger charge is -2.27. The van der Waals surface area contributed by atoms with Gasteiger partial charge in [0.2, 0.25) is 17.7 Å². The highest BCUT2D eigenvalue weighted by Gasteiger charge is 2.33. The van der Waals surface area contributed by atoms with Gasteiger partial charge in [0, 0.05) is 0 Å². The van der Waals surface area contributed by atoms with Crippen molar-refractivity contribution in [1.29, 1.82) is 0 Å². The number of amides is 3. The minimum absolute atomic E-state index is 0.0217. The average molecular weight is 462 g/mol. The van der Waals surface area contributed by atoms with Gasteiger partial charge in [-0.3, -0.25) is 14.4 Å². The van der Waals surface area contributed by atoms with Crippen LogP contribution in [0.5, 0.6) is 0 Å². The first kappa shape index (κ1) is 29.7. The normalized spacial score (nSPS) is 16.9. The molecular formula is C20H39N5O7. The summed E-state index contributed by atoms with van der Waals surface area (Å²) in [6.45, 7) is 6.63. The summed E-state index contributed by atoms with van der Waals surface area (Å²) in [5.41, 5.74) is 11.0. The zero-order valence-corrected chi connectivity index (χ0v) is 19.2. The Morgan fingerprint density at radius 2 is 1.38 bits per heavy atom. The van der Waals surface area contributed by atoms with Crippen LogP contribution in [0.1, 0.15) is 53.4 Å². The summed E-state index contributed by atoms with van der Waals surface area (Å²) in [5.74, 6) is -3.64. The molecule has 12 heteroatoms. The van der Waals surface area contributed by atoms with E-state index in [1.807, 2.05) is 13.8 Å². The maximum Gasteiger partial charge on any atom is 0.326 e. The monoisotopic (exact) mass is 461 g/mol. The SMILES string of the molecule is CC(C)CC(NC(=O)C(N)C(C)O)C(=O)NC(C(=O)NC(CCCCN)C(=O)O)C(C)O. The fourth-order valence-electron chi connectivity index (χ4n) is 2.86. The van der Waals surface area contributed by atoms with Crippen LogP contribution in [-0.2, 0) is 19.2 Å². The van der Waals surface area contributed by atoms with Crippen molar-refractivity contribution in [2.75, 3.05) is 6.54 Å². The van der Waals surface area contributed by atoms with Crippen LogP contribution in [0.3, 0.4) is 0 Å². The molecule has 32 heavy (non-hydrogen) atoms. The minimum atomic E-state index is -1.45. The molecule has 0 aromatic rings. The Morgan fingerprint density at radius 3 is 1.81 bits per heavy atom. The van der Waals surface area contributed by atoms with Crippen LogP contribution in [0.4, 0.5) is 0 Å². The predicted molar refractivity (Wildman–Crippen MR) is 117 cm³/mol. The quantitative estimate of drug-likeness (QED) is 0.124. The summed E-state index contributed by atoms with van der Waals surface area (Å²) in [6.07, 6.45) is -1.07. The Hall–Kier alpha value is -2.28. The maximum absolute atomic E-state index is 12.8. The molecule has 10 N–H and O–H groups in total. The number of carboxylic acids is 1. The van der Waals surface area contributed by atoms with Crippen LogP contribution in [0.25, 0.3) is 0 Å². The third-order valence-electron chi connectivity index (χ3n) is 4.79. The van der Waals surface area contributed by atoms with Gasteiger partial charge in [0.25, 0.3) is 0 Å². The molecule has 0 aromatic heterocycles. The number of carbonyl (C=O) groups excluding carboxylic acids is 3. The van der Waals surface area contributed by atoms with Crippen molar-refractivity contribution in [1.82, 2.24) is 16.0 Å². The standard InChI is InChI=1S/C20H39N5O7/c1-10(2)9-14(24-18(29)15(22)11(3)26)17(28)25-16(12(4)27)19(30)23-13(20(31)32)7-5-6-8-21/h10-16,26-27H,5-9,21-22H2,1-4H3,(H,23,30)(H,24,29)(H,25,28)(H,31,32). The van der Waals surface area contributed by atoms with E-state index in [9.17, 15) is 34.5 Å². The summed E-state index contributed by atoms with van der Waals surface area (Å²) in [6, 6.07) is -4.99. The van der Waals surface area contributed by atoms with Crippen LogP contribution < -0.4 is 27.4 Å². The number of carbonyl (C=O) groups is 4. The third kappa shape index (κ3) is 10.8. The molecule has 0 aliphatic heterocycles. The number of hydrogen-bond acceptors (Lipinski definition) is 8. The van der Waals surface area contributed by atoms with Gasteiger partial charge in [-0.15, -0.1) is 0 Å². The first-order valence-electron chi connectivity index (χ1n) is 10.8. The summed E-state index contributed by atoms with van der Waals surface area (Å²) >= 11 is 0. The van der Waals surface area contributed by atoms with Gasteiger partial charge < -0.3 is 42.7 Å². The first-order chi connectivity index (χ1) is 14.8. The van der Waals surface area contributed by atoms with Crippen LogP contribution in [0.15, 0.2) is 0 Å². The van der Waals surface area contributed by atoms with E-state index >= 15 is 0 Å². The minimum Gasteiger partial charge on any atom is -0.480 e. The van der Waals surface area contributed by atoms with Crippen molar-refractivity contribution in [2.45, 2.75) is 89.8 Å². The summed E-state index contributed by atoms with van der Waals surface area (Å²) < 4.78 is 0. The van der Waals surface area contributed by atoms with Gasteiger partial charge in [0.15, 0.2) is 0 Å². The molecule has 0 aliphatic carbocycles. The van der Waals surface area contributed by atoms with Crippen molar-refractivity contribution in [3.8, 4) is 0 Å². The molecule has 0 bridgehead atoms. The van der Waals surface area contributed by atoms with E-state index in [0.29, 0.717) is 19.4 Å². The number of unbranched alkanes of at least 4 members (excludes halogenated alkanes) is 1. The lowest BCUT2D eigenvalue weighted by molar-refractivity contribution is -0.143. The smallest absolute Gasteiger partial charge is 0.326 e. The highest BCUT2D eigenvalue weighted by Crippen LogP contribution is 2.08. The number of rotatable bonds is 15. The highest BCUT2D eigenvalue weighted by molar-refractivity contribution is 5.94. The topological polar surface area (TPSA) is 217 Å². The number of nitrogens with one attached hydrogen (secondary N) is 3. The maximum atomic E-state index is 12.8. The van der Waals surface area contributed by atoms with Gasteiger partial charge in [-0.1, -0.05) is 13.8 Å². The fourth-order valence-corrected chi connectivity index (χ4v) is 2.86. The zero-order chi connectivity index (χ0) is 25.0. The molecule has 0 saturated carbocycles. The van der Waals surface area contributed by atoms with Gasteiger partial charge in [0.1, 0.15) is 24.2 Å². The van der Waals surface area contributed by atoms with E-state index in [4.69, 9.17) is 11.5 Å². The molecule has 12 nitrogen and oxygen atoms in total. The molecule has 0 aliphatic rings. The van der Waals surface area contributed by atoms with Gasteiger partial charge >= 0.3 is 5.97 Å². The molecule has 3 amide bonds. The van der Waals surface area contributed by atoms with E-state index in [0.717, 1.165) is 0 Å². The van der Waals surface area contributed by atoms with Gasteiger partial charge in [-0.25, -0.2) is 4.79 Å². The largest absolute Gasteiger partial charge is 0.480 e. The number of carboxylic acid groups (broad SMARTS) is 1. The molecule has 0 aromatic carbocycles. The number of aliphatic hydroxyl groups excluding tert-OH is 2. The number of hydrogen-bond donors (Lipinski definition) is 8. The van der Waals surface area contributed by atoms with Crippen LogP contribution in [0, 0.1) is 5.92 Å². The van der Waals surface area contributed by atoms with Crippen molar-refractivity contribution >= 4 is 23.7 Å². The first-order valence-corrected chi connectivity index (χ1v) is 10.8. The Balaban J connectivity index is 5.37. The van der Waals surface area contributed by atoms with Crippen molar-refractivity contribution in [3.05, 3.63) is 0 Å². The molecule has 0 fully saturated rings. The van der Waals surface area contributed by atoms with Gasteiger partial charge in [0.05, 0.1) is 12.2 Å². The van der Waals surface area contributed by atoms with Crippen molar-refractivity contribution in [3.63, 3.8) is 0 Å². The lowest BCUT2D eigenvalue weighted by atomic mass is 10.0. The Morgan fingerprint density at radius 1 is 0.812 bits per heavy atom. The van der Waals surface area contributed by atoms with Gasteiger partial charge in [-0.05, 0) is 52.0 Å². The second-order valence-electron chi connectivity index (χ2n) is 8.37. The van der Waals surface area contributed by atoms with E-state index in [2.05, 4.69) is 16.0 Å². The molecule has 0 saturated heterocycles. The number of aliphatic carboxylic acids is 1. The average Bonchev–Trinajstić information content (AvgIpc) is 2.68. The van der Waals surface area contributed by atoms with E-state index < -0.39 is 60.1 Å². The fraction of sp³-hybridized carbons (Fsp3) is 0.800. The molecular weight excluding hydrogens is 422 g/mol. The molecule has 0 radical (unpaired) electrons. The van der Waals surface area contributed by atoms with Crippen molar-refractivity contribution < 1.29 is 34.5 Å². The van der Waals surface area contributed by atoms with E-state index in [1.165, 1.54) is 13.8 Å². The Bertz CT molecular complexity index is 627. The van der Waals surface area contributed by atoms with E-state index in [-0.39, 0.29) is 18.8 Å².